The maximum atomic E-state index is 13.5. The van der Waals surface area contributed by atoms with Crippen molar-refractivity contribution < 1.29 is 13.9 Å². The Bertz CT molecular complexity index is 1460. The van der Waals surface area contributed by atoms with Gasteiger partial charge in [-0.3, -0.25) is 18.9 Å². The highest BCUT2D eigenvalue weighted by Crippen LogP contribution is 2.13. The van der Waals surface area contributed by atoms with Gasteiger partial charge in [0.05, 0.1) is 26.5 Å². The number of aromatic nitrogens is 2. The van der Waals surface area contributed by atoms with Crippen molar-refractivity contribution in [2.75, 3.05) is 19.2 Å². The van der Waals surface area contributed by atoms with Crippen LogP contribution in [0.5, 0.6) is 5.75 Å². The topological polar surface area (TPSA) is 78.1 Å². The normalized spacial score (nSPS) is 11.1. The fraction of sp³-hybridized carbons (Fsp3) is 0.179. The molecule has 0 bridgehead atoms. The summed E-state index contributed by atoms with van der Waals surface area (Å²) in [5, 5.41) is 5.86. The van der Waals surface area contributed by atoms with Crippen LogP contribution in [0.1, 0.15) is 16.7 Å². The van der Waals surface area contributed by atoms with Gasteiger partial charge in [0.1, 0.15) is 24.1 Å². The maximum absolute atomic E-state index is 13.5. The van der Waals surface area contributed by atoms with E-state index in [9.17, 15) is 14.0 Å². The number of methoxy groups -OCH3 is 1. The van der Waals surface area contributed by atoms with Crippen LogP contribution in [0.2, 0.25) is 0 Å². The first-order valence-corrected chi connectivity index (χ1v) is 11.6. The molecule has 0 amide bonds. The van der Waals surface area contributed by atoms with Gasteiger partial charge >= 0.3 is 5.69 Å². The molecular weight excluding hydrogens is 475 g/mol. The van der Waals surface area contributed by atoms with Crippen LogP contribution in [0.25, 0.3) is 0 Å². The third-order valence-electron chi connectivity index (χ3n) is 5.67. The van der Waals surface area contributed by atoms with Gasteiger partial charge in [0, 0.05) is 13.1 Å². The van der Waals surface area contributed by atoms with E-state index in [4.69, 9.17) is 9.47 Å². The van der Waals surface area contributed by atoms with E-state index in [1.807, 2.05) is 54.6 Å². The zero-order valence-electron chi connectivity index (χ0n) is 20.6. The summed E-state index contributed by atoms with van der Waals surface area (Å²) in [6, 6.07) is 23.9. The van der Waals surface area contributed by atoms with E-state index in [0.29, 0.717) is 5.56 Å². The smallest absolute Gasteiger partial charge is 0.334 e. The fourth-order valence-corrected chi connectivity index (χ4v) is 3.64. The van der Waals surface area contributed by atoms with Crippen LogP contribution in [0.4, 0.5) is 10.2 Å². The molecule has 0 radical (unpaired) electrons. The largest absolute Gasteiger partial charge is 0.497 e. The summed E-state index contributed by atoms with van der Waals surface area (Å²) in [4.78, 5) is 26.4. The quantitative estimate of drug-likeness (QED) is 0.243. The van der Waals surface area contributed by atoms with Crippen molar-refractivity contribution >= 4 is 12.0 Å². The number of hydrazone groups is 1. The Morgan fingerprint density at radius 3 is 2.30 bits per heavy atom. The second-order valence-electron chi connectivity index (χ2n) is 8.27. The molecule has 1 heterocycles. The van der Waals surface area contributed by atoms with E-state index in [1.165, 1.54) is 39.9 Å². The number of anilines is 1. The van der Waals surface area contributed by atoms with E-state index in [0.717, 1.165) is 21.4 Å². The molecule has 0 saturated heterocycles. The molecule has 4 rings (SSSR count). The molecule has 0 saturated carbocycles. The van der Waals surface area contributed by atoms with Gasteiger partial charge in [-0.15, -0.1) is 0 Å². The molecule has 8 nitrogen and oxygen atoms in total. The number of halogens is 1. The van der Waals surface area contributed by atoms with Gasteiger partial charge in [-0.25, -0.2) is 9.18 Å². The molecule has 0 unspecified atom stereocenters. The molecule has 190 valence electrons. The third kappa shape index (κ3) is 6.59. The summed E-state index contributed by atoms with van der Waals surface area (Å²) in [7, 11) is 3.24. The molecule has 0 aliphatic rings. The first kappa shape index (κ1) is 25.6. The van der Waals surface area contributed by atoms with Crippen LogP contribution in [-0.2, 0) is 24.6 Å². The average Bonchev–Trinajstić information content (AvgIpc) is 2.92. The molecule has 0 aliphatic carbocycles. The van der Waals surface area contributed by atoms with Crippen molar-refractivity contribution in [3.63, 3.8) is 0 Å². The minimum Gasteiger partial charge on any atom is -0.497 e. The number of rotatable bonds is 10. The van der Waals surface area contributed by atoms with Gasteiger partial charge in [0.25, 0.3) is 5.56 Å². The lowest BCUT2D eigenvalue weighted by atomic mass is 10.2. The summed E-state index contributed by atoms with van der Waals surface area (Å²) in [5.74, 6) is 0.595. The molecule has 1 aromatic heterocycles. The second kappa shape index (κ2) is 12.0. The molecule has 37 heavy (non-hydrogen) atoms. The molecule has 4 aromatic rings. The Kier molecular flexibility index (Phi) is 8.27. The number of nitrogens with zero attached hydrogens (tertiary/aromatic N) is 4. The molecule has 0 N–H and O–H groups in total. The van der Waals surface area contributed by atoms with Crippen LogP contribution in [0, 0.1) is 5.82 Å². The van der Waals surface area contributed by atoms with Crippen molar-refractivity contribution in [1.29, 1.82) is 0 Å². The minimum absolute atomic E-state index is 0.00422. The van der Waals surface area contributed by atoms with Crippen LogP contribution < -0.4 is 21.0 Å². The lowest BCUT2D eigenvalue weighted by Gasteiger charge is -2.20. The predicted molar refractivity (Wildman–Crippen MR) is 141 cm³/mol. The Morgan fingerprint density at radius 1 is 0.919 bits per heavy atom. The summed E-state index contributed by atoms with van der Waals surface area (Å²) in [5.41, 5.74) is 1.31. The lowest BCUT2D eigenvalue weighted by Crippen LogP contribution is -2.42. The number of ether oxygens (including phenoxy) is 2. The maximum Gasteiger partial charge on any atom is 0.334 e. The van der Waals surface area contributed by atoms with Crippen LogP contribution in [-0.4, -0.2) is 29.5 Å². The van der Waals surface area contributed by atoms with E-state index in [1.54, 1.807) is 20.4 Å². The van der Waals surface area contributed by atoms with Gasteiger partial charge in [0.15, 0.2) is 0 Å². The van der Waals surface area contributed by atoms with E-state index < -0.39 is 17.1 Å². The minimum atomic E-state index is -0.564. The highest BCUT2D eigenvalue weighted by Gasteiger charge is 2.15. The van der Waals surface area contributed by atoms with Gasteiger partial charge < -0.3 is 9.47 Å². The van der Waals surface area contributed by atoms with E-state index >= 15 is 0 Å². The predicted octanol–water partition coefficient (Wildman–Crippen LogP) is 3.85. The molecule has 0 fully saturated rings. The first-order valence-electron chi connectivity index (χ1n) is 11.6. The molecule has 0 atom stereocenters. The van der Waals surface area contributed by atoms with Crippen LogP contribution in [0.15, 0.2) is 99.6 Å². The summed E-state index contributed by atoms with van der Waals surface area (Å²) in [6.07, 6.45) is 1.61. The summed E-state index contributed by atoms with van der Waals surface area (Å²) in [6.45, 7) is 0.174. The van der Waals surface area contributed by atoms with Gasteiger partial charge in [-0.1, -0.05) is 42.5 Å². The number of benzene rings is 3. The fourth-order valence-electron chi connectivity index (χ4n) is 3.64. The van der Waals surface area contributed by atoms with Gasteiger partial charge in [-0.2, -0.15) is 5.10 Å². The third-order valence-corrected chi connectivity index (χ3v) is 5.67. The SMILES string of the molecule is COc1ccc(C=NN(C)c2cc(=O)n(Cc3ccc(F)cc3)c(=O)n2COCc2ccccc2)cc1. The second-order valence-corrected chi connectivity index (χ2v) is 8.27. The molecular formula is C28H27FN4O4. The van der Waals surface area contributed by atoms with Crippen molar-refractivity contribution in [3.8, 4) is 5.75 Å². The zero-order valence-corrected chi connectivity index (χ0v) is 20.6. The standard InChI is InChI=1S/C28H27FN4O4/c1-31(30-17-21-10-14-25(36-2)15-11-21)26-16-27(34)32(18-22-8-12-24(29)13-9-22)28(35)33(26)20-37-19-23-6-4-3-5-7-23/h3-17H,18-20H2,1-2H3. The van der Waals surface area contributed by atoms with E-state index in [-0.39, 0.29) is 25.7 Å². The molecule has 0 aliphatic heterocycles. The highest BCUT2D eigenvalue weighted by molar-refractivity contribution is 5.80. The highest BCUT2D eigenvalue weighted by atomic mass is 19.1. The molecule has 3 aromatic carbocycles. The van der Waals surface area contributed by atoms with Gasteiger partial charge in [0.2, 0.25) is 0 Å². The Labute approximate surface area is 213 Å². The van der Waals surface area contributed by atoms with Gasteiger partial charge in [-0.05, 0) is 53.1 Å². The van der Waals surface area contributed by atoms with E-state index in [2.05, 4.69) is 5.10 Å². The van der Waals surface area contributed by atoms with Crippen molar-refractivity contribution in [1.82, 2.24) is 9.13 Å². The monoisotopic (exact) mass is 502 g/mol. The van der Waals surface area contributed by atoms with Crippen molar-refractivity contribution in [3.05, 3.63) is 128 Å². The van der Waals surface area contributed by atoms with Crippen molar-refractivity contribution in [2.45, 2.75) is 19.9 Å². The summed E-state index contributed by atoms with van der Waals surface area (Å²) < 4.78 is 26.8. The lowest BCUT2D eigenvalue weighted by molar-refractivity contribution is 0.0607. The number of hydrogen-bond acceptors (Lipinski definition) is 6. The average molecular weight is 503 g/mol. The Balaban J connectivity index is 1.64. The molecule has 0 spiro atoms. The first-order chi connectivity index (χ1) is 17.9. The summed E-state index contributed by atoms with van der Waals surface area (Å²) >= 11 is 0. The zero-order chi connectivity index (χ0) is 26.2. The van der Waals surface area contributed by atoms with Crippen LogP contribution >= 0.6 is 0 Å². The Hall–Kier alpha value is -4.50. The molecule has 9 heteroatoms. The van der Waals surface area contributed by atoms with Crippen LogP contribution in [0.3, 0.4) is 0 Å². The van der Waals surface area contributed by atoms with Crippen molar-refractivity contribution in [2.24, 2.45) is 5.10 Å². The number of hydrogen-bond donors (Lipinski definition) is 0. The Morgan fingerprint density at radius 2 is 1.62 bits per heavy atom.